The van der Waals surface area contributed by atoms with Crippen LogP contribution in [-0.4, -0.2) is 66.3 Å². The first-order valence-corrected chi connectivity index (χ1v) is 5.61. The first-order chi connectivity index (χ1) is 8.59. The quantitative estimate of drug-likeness (QED) is 0.639. The van der Waals surface area contributed by atoms with Gasteiger partial charge in [0, 0.05) is 13.1 Å². The lowest BCUT2D eigenvalue weighted by Gasteiger charge is -2.10. The Bertz CT molecular complexity index is 384. The van der Waals surface area contributed by atoms with Gasteiger partial charge >= 0.3 is 5.97 Å². The topological polar surface area (TPSA) is 87.6 Å². The standard InChI is InChI=1S/C11H18N4O3/c1-15(2)4-6-18-5-3-13-10-8-12-7-9(14-10)11(16)17/h7-8H,3-6H2,1-2H3,(H,13,14)(H,16,17). The van der Waals surface area contributed by atoms with Crippen LogP contribution in [0.2, 0.25) is 0 Å². The third-order valence-corrected chi connectivity index (χ3v) is 2.09. The predicted octanol–water partition coefficient (Wildman–Crippen LogP) is 0.165. The Morgan fingerprint density at radius 1 is 1.44 bits per heavy atom. The second kappa shape index (κ2) is 7.57. The van der Waals surface area contributed by atoms with Gasteiger partial charge in [0.15, 0.2) is 5.69 Å². The number of nitrogens with one attached hydrogen (secondary N) is 1. The molecule has 2 N–H and O–H groups in total. The number of anilines is 1. The highest BCUT2D eigenvalue weighted by atomic mass is 16.5. The molecule has 1 aromatic rings. The zero-order chi connectivity index (χ0) is 13.4. The van der Waals surface area contributed by atoms with Gasteiger partial charge < -0.3 is 20.1 Å². The third kappa shape index (κ3) is 5.55. The van der Waals surface area contributed by atoms with Crippen molar-refractivity contribution < 1.29 is 14.6 Å². The molecule has 0 fully saturated rings. The van der Waals surface area contributed by atoms with Gasteiger partial charge in [-0.1, -0.05) is 0 Å². The normalized spacial score (nSPS) is 10.6. The highest BCUT2D eigenvalue weighted by molar-refractivity contribution is 5.85. The van der Waals surface area contributed by atoms with Crippen molar-refractivity contribution in [2.75, 3.05) is 45.7 Å². The lowest BCUT2D eigenvalue weighted by atomic mass is 10.4. The van der Waals surface area contributed by atoms with E-state index in [-0.39, 0.29) is 5.69 Å². The average Bonchev–Trinajstić information content (AvgIpc) is 2.33. The van der Waals surface area contributed by atoms with Crippen LogP contribution in [0.5, 0.6) is 0 Å². The molecule has 0 radical (unpaired) electrons. The molecule has 0 saturated heterocycles. The molecule has 1 aromatic heterocycles. The van der Waals surface area contributed by atoms with E-state index < -0.39 is 5.97 Å². The third-order valence-electron chi connectivity index (χ3n) is 2.09. The van der Waals surface area contributed by atoms with Gasteiger partial charge in [-0.15, -0.1) is 0 Å². The minimum absolute atomic E-state index is 0.0754. The lowest BCUT2D eigenvalue weighted by Crippen LogP contribution is -2.20. The highest BCUT2D eigenvalue weighted by Gasteiger charge is 2.05. The molecule has 0 saturated carbocycles. The summed E-state index contributed by atoms with van der Waals surface area (Å²) in [6.07, 6.45) is 2.69. The number of carboxylic acid groups (broad SMARTS) is 1. The highest BCUT2D eigenvalue weighted by Crippen LogP contribution is 2.01. The van der Waals surface area contributed by atoms with Crippen molar-refractivity contribution in [2.45, 2.75) is 0 Å². The van der Waals surface area contributed by atoms with E-state index in [9.17, 15) is 4.79 Å². The van der Waals surface area contributed by atoms with E-state index in [1.54, 1.807) is 0 Å². The van der Waals surface area contributed by atoms with Gasteiger partial charge in [0.05, 0.1) is 25.6 Å². The summed E-state index contributed by atoms with van der Waals surface area (Å²) in [5.41, 5.74) is -0.0754. The fourth-order valence-electron chi connectivity index (χ4n) is 1.15. The maximum absolute atomic E-state index is 10.7. The zero-order valence-corrected chi connectivity index (χ0v) is 10.6. The van der Waals surface area contributed by atoms with Gasteiger partial charge in [0.25, 0.3) is 0 Å². The molecule has 100 valence electrons. The SMILES string of the molecule is CN(C)CCOCCNc1cncc(C(=O)O)n1. The van der Waals surface area contributed by atoms with Crippen molar-refractivity contribution in [1.82, 2.24) is 14.9 Å². The van der Waals surface area contributed by atoms with E-state index in [2.05, 4.69) is 15.3 Å². The molecule has 18 heavy (non-hydrogen) atoms. The molecule has 0 spiro atoms. The number of hydrogen-bond acceptors (Lipinski definition) is 6. The Morgan fingerprint density at radius 3 is 2.89 bits per heavy atom. The zero-order valence-electron chi connectivity index (χ0n) is 10.6. The van der Waals surface area contributed by atoms with Gasteiger partial charge in [-0.2, -0.15) is 0 Å². The Hall–Kier alpha value is -1.73. The Labute approximate surface area is 106 Å². The molecule has 0 aliphatic carbocycles. The van der Waals surface area contributed by atoms with E-state index in [0.29, 0.717) is 25.6 Å². The molecule has 1 rings (SSSR count). The summed E-state index contributed by atoms with van der Waals surface area (Å²) in [7, 11) is 3.96. The Balaban J connectivity index is 2.23. The number of aromatic carboxylic acids is 1. The smallest absolute Gasteiger partial charge is 0.356 e. The van der Waals surface area contributed by atoms with Crippen molar-refractivity contribution in [3.8, 4) is 0 Å². The van der Waals surface area contributed by atoms with Crippen molar-refractivity contribution in [2.24, 2.45) is 0 Å². The van der Waals surface area contributed by atoms with E-state index in [1.807, 2.05) is 19.0 Å². The van der Waals surface area contributed by atoms with E-state index >= 15 is 0 Å². The molecule has 1 heterocycles. The number of carboxylic acids is 1. The molecule has 0 amide bonds. The second-order valence-corrected chi connectivity index (χ2v) is 3.94. The number of nitrogens with zero attached hydrogens (tertiary/aromatic N) is 3. The van der Waals surface area contributed by atoms with E-state index in [1.165, 1.54) is 12.4 Å². The first kappa shape index (κ1) is 14.3. The van der Waals surface area contributed by atoms with Crippen LogP contribution in [0.25, 0.3) is 0 Å². The lowest BCUT2D eigenvalue weighted by molar-refractivity contribution is 0.0690. The summed E-state index contributed by atoms with van der Waals surface area (Å²) >= 11 is 0. The van der Waals surface area contributed by atoms with Crippen molar-refractivity contribution in [3.05, 3.63) is 18.1 Å². The van der Waals surface area contributed by atoms with E-state index in [0.717, 1.165) is 6.54 Å². The summed E-state index contributed by atoms with van der Waals surface area (Å²) in [5, 5.41) is 11.7. The summed E-state index contributed by atoms with van der Waals surface area (Å²) in [6, 6.07) is 0. The number of hydrogen-bond donors (Lipinski definition) is 2. The predicted molar refractivity (Wildman–Crippen MR) is 66.9 cm³/mol. The minimum Gasteiger partial charge on any atom is -0.476 e. The second-order valence-electron chi connectivity index (χ2n) is 3.94. The molecule has 7 nitrogen and oxygen atoms in total. The van der Waals surface area contributed by atoms with Crippen LogP contribution in [0.3, 0.4) is 0 Å². The van der Waals surface area contributed by atoms with Crippen LogP contribution in [-0.2, 0) is 4.74 Å². The van der Waals surface area contributed by atoms with Crippen molar-refractivity contribution >= 4 is 11.8 Å². The maximum atomic E-state index is 10.7. The average molecular weight is 254 g/mol. The van der Waals surface area contributed by atoms with Gasteiger partial charge in [-0.05, 0) is 14.1 Å². The summed E-state index contributed by atoms with van der Waals surface area (Å²) in [5.74, 6) is -0.653. The van der Waals surface area contributed by atoms with Crippen molar-refractivity contribution in [3.63, 3.8) is 0 Å². The Morgan fingerprint density at radius 2 is 2.22 bits per heavy atom. The minimum atomic E-state index is -1.09. The molecule has 0 aromatic carbocycles. The summed E-state index contributed by atoms with van der Waals surface area (Å²) in [4.78, 5) is 20.4. The largest absolute Gasteiger partial charge is 0.476 e. The van der Waals surface area contributed by atoms with Gasteiger partial charge in [0.2, 0.25) is 0 Å². The number of likely N-dealkylation sites (N-methyl/N-ethyl adjacent to an activating group) is 1. The number of ether oxygens (including phenoxy) is 1. The molecule has 0 unspecified atom stereocenters. The van der Waals surface area contributed by atoms with Gasteiger partial charge in [0.1, 0.15) is 5.82 Å². The fourth-order valence-corrected chi connectivity index (χ4v) is 1.15. The van der Waals surface area contributed by atoms with Crippen LogP contribution < -0.4 is 5.32 Å². The summed E-state index contributed by atoms with van der Waals surface area (Å²) < 4.78 is 5.38. The van der Waals surface area contributed by atoms with Crippen LogP contribution >= 0.6 is 0 Å². The Kier molecular flexibility index (Phi) is 6.03. The van der Waals surface area contributed by atoms with E-state index in [4.69, 9.17) is 9.84 Å². The van der Waals surface area contributed by atoms with Crippen LogP contribution in [0, 0.1) is 0 Å². The van der Waals surface area contributed by atoms with Gasteiger partial charge in [-0.25, -0.2) is 9.78 Å². The maximum Gasteiger partial charge on any atom is 0.356 e. The molecular formula is C11H18N4O3. The van der Waals surface area contributed by atoms with Crippen LogP contribution in [0.15, 0.2) is 12.4 Å². The molecule has 0 bridgehead atoms. The summed E-state index contributed by atoms with van der Waals surface area (Å²) in [6.45, 7) is 2.63. The number of aromatic nitrogens is 2. The number of rotatable bonds is 8. The molecule has 0 aliphatic heterocycles. The first-order valence-electron chi connectivity index (χ1n) is 5.61. The molecule has 0 atom stereocenters. The molecule has 0 aliphatic rings. The van der Waals surface area contributed by atoms with Crippen LogP contribution in [0.4, 0.5) is 5.82 Å². The van der Waals surface area contributed by atoms with Crippen molar-refractivity contribution in [1.29, 1.82) is 0 Å². The van der Waals surface area contributed by atoms with Gasteiger partial charge in [-0.3, -0.25) is 4.98 Å². The monoisotopic (exact) mass is 254 g/mol. The fraction of sp³-hybridized carbons (Fsp3) is 0.545. The molecule has 7 heteroatoms. The molecular weight excluding hydrogens is 236 g/mol. The number of carbonyl (C=O) groups is 1. The van der Waals surface area contributed by atoms with Crippen LogP contribution in [0.1, 0.15) is 10.5 Å².